The van der Waals surface area contributed by atoms with Gasteiger partial charge in [-0.3, -0.25) is 4.79 Å². The fourth-order valence-electron chi connectivity index (χ4n) is 1.75. The maximum atomic E-state index is 11.7. The molecule has 0 aliphatic rings. The molecule has 23 heavy (non-hydrogen) atoms. The molecule has 0 aromatic heterocycles. The van der Waals surface area contributed by atoms with Crippen molar-refractivity contribution in [2.24, 2.45) is 5.10 Å². The second kappa shape index (κ2) is 8.19. The second-order valence-electron chi connectivity index (χ2n) is 4.70. The maximum absolute atomic E-state index is 11.7. The predicted molar refractivity (Wildman–Crippen MR) is 90.3 cm³/mol. The van der Waals surface area contributed by atoms with E-state index in [2.05, 4.69) is 10.5 Å². The van der Waals surface area contributed by atoms with Gasteiger partial charge in [0.2, 0.25) is 0 Å². The molecule has 0 radical (unpaired) electrons. The number of halogens is 1. The van der Waals surface area contributed by atoms with Crippen molar-refractivity contribution in [3.8, 4) is 11.5 Å². The lowest BCUT2D eigenvalue weighted by Gasteiger charge is -2.06. The number of benzene rings is 2. The molecule has 1 amide bonds. The molecule has 0 saturated carbocycles. The molecular weight excluding hydrogens is 316 g/mol. The summed E-state index contributed by atoms with van der Waals surface area (Å²) in [6, 6.07) is 14.2. The molecule has 1 N–H and O–H groups in total. The van der Waals surface area contributed by atoms with Crippen molar-refractivity contribution in [3.05, 3.63) is 59.1 Å². The third-order valence-electron chi connectivity index (χ3n) is 3.04. The van der Waals surface area contributed by atoms with E-state index in [-0.39, 0.29) is 12.5 Å². The number of methoxy groups -OCH3 is 1. The number of amides is 1. The van der Waals surface area contributed by atoms with E-state index in [0.717, 1.165) is 11.3 Å². The standard InChI is InChI=1S/C17H17ClN2O3/c1-12(13-3-5-14(18)6-4-13)19-20-17(21)11-23-16-9-7-15(22-2)8-10-16/h3-10H,11H2,1-2H3,(H,20,21)/b19-12+. The zero-order valence-electron chi connectivity index (χ0n) is 12.9. The lowest BCUT2D eigenvalue weighted by atomic mass is 10.1. The van der Waals surface area contributed by atoms with Gasteiger partial charge in [0, 0.05) is 5.02 Å². The number of carbonyl (C=O) groups is 1. The van der Waals surface area contributed by atoms with Crippen molar-refractivity contribution in [2.45, 2.75) is 6.92 Å². The Morgan fingerprint density at radius 2 is 1.70 bits per heavy atom. The number of hydrogen-bond donors (Lipinski definition) is 1. The average molecular weight is 333 g/mol. The highest BCUT2D eigenvalue weighted by molar-refractivity contribution is 6.30. The Balaban J connectivity index is 1.84. The van der Waals surface area contributed by atoms with Crippen LogP contribution in [-0.2, 0) is 4.79 Å². The molecular formula is C17H17ClN2O3. The van der Waals surface area contributed by atoms with E-state index >= 15 is 0 Å². The van der Waals surface area contributed by atoms with E-state index in [0.29, 0.717) is 16.5 Å². The minimum absolute atomic E-state index is 0.121. The first-order valence-corrected chi connectivity index (χ1v) is 7.32. The molecule has 6 heteroatoms. The summed E-state index contributed by atoms with van der Waals surface area (Å²) >= 11 is 5.83. The van der Waals surface area contributed by atoms with Gasteiger partial charge in [0.15, 0.2) is 6.61 Å². The molecule has 0 aliphatic heterocycles. The topological polar surface area (TPSA) is 59.9 Å². The molecule has 0 unspecified atom stereocenters. The van der Waals surface area contributed by atoms with Crippen LogP contribution in [0, 0.1) is 0 Å². The molecule has 0 fully saturated rings. The van der Waals surface area contributed by atoms with Crippen molar-refractivity contribution in [1.82, 2.24) is 5.43 Å². The molecule has 0 aliphatic carbocycles. The summed E-state index contributed by atoms with van der Waals surface area (Å²) in [7, 11) is 1.59. The van der Waals surface area contributed by atoms with Crippen LogP contribution in [0.4, 0.5) is 0 Å². The molecule has 2 aromatic rings. The number of nitrogens with one attached hydrogen (secondary N) is 1. The van der Waals surface area contributed by atoms with Crippen molar-refractivity contribution in [2.75, 3.05) is 13.7 Å². The quantitative estimate of drug-likeness (QED) is 0.652. The van der Waals surface area contributed by atoms with Gasteiger partial charge < -0.3 is 9.47 Å². The molecule has 0 heterocycles. The van der Waals surface area contributed by atoms with Gasteiger partial charge in [0.1, 0.15) is 11.5 Å². The van der Waals surface area contributed by atoms with Gasteiger partial charge in [-0.2, -0.15) is 5.10 Å². The van der Waals surface area contributed by atoms with Crippen LogP contribution < -0.4 is 14.9 Å². The van der Waals surface area contributed by atoms with Gasteiger partial charge in [-0.25, -0.2) is 5.43 Å². The van der Waals surface area contributed by atoms with Crippen LogP contribution >= 0.6 is 11.6 Å². The number of hydrazone groups is 1. The highest BCUT2D eigenvalue weighted by atomic mass is 35.5. The number of nitrogens with zero attached hydrogens (tertiary/aromatic N) is 1. The molecule has 0 atom stereocenters. The Kier molecular flexibility index (Phi) is 6.00. The lowest BCUT2D eigenvalue weighted by Crippen LogP contribution is -2.25. The van der Waals surface area contributed by atoms with E-state index in [1.54, 1.807) is 50.4 Å². The molecule has 120 valence electrons. The highest BCUT2D eigenvalue weighted by Gasteiger charge is 2.03. The molecule has 0 bridgehead atoms. The summed E-state index contributed by atoms with van der Waals surface area (Å²) in [6.45, 7) is 1.68. The third-order valence-corrected chi connectivity index (χ3v) is 3.29. The summed E-state index contributed by atoms with van der Waals surface area (Å²) < 4.78 is 10.4. The van der Waals surface area contributed by atoms with Crippen molar-refractivity contribution < 1.29 is 14.3 Å². The summed E-state index contributed by atoms with van der Waals surface area (Å²) in [4.78, 5) is 11.7. The third kappa shape index (κ3) is 5.30. The number of ether oxygens (including phenoxy) is 2. The minimum Gasteiger partial charge on any atom is -0.497 e. The summed E-state index contributed by atoms with van der Waals surface area (Å²) in [5.74, 6) is 0.971. The van der Waals surface area contributed by atoms with Crippen molar-refractivity contribution in [1.29, 1.82) is 0 Å². The van der Waals surface area contributed by atoms with E-state index in [9.17, 15) is 4.79 Å². The average Bonchev–Trinajstić information content (AvgIpc) is 2.59. The van der Waals surface area contributed by atoms with Crippen LogP contribution in [0.25, 0.3) is 0 Å². The first-order chi connectivity index (χ1) is 11.1. The number of rotatable bonds is 6. The zero-order valence-corrected chi connectivity index (χ0v) is 13.6. The van der Waals surface area contributed by atoms with E-state index in [4.69, 9.17) is 21.1 Å². The summed E-state index contributed by atoms with van der Waals surface area (Å²) in [5.41, 5.74) is 4.02. The van der Waals surface area contributed by atoms with Gasteiger partial charge in [0.05, 0.1) is 12.8 Å². The first kappa shape index (κ1) is 16.8. The summed E-state index contributed by atoms with van der Waals surface area (Å²) in [5, 5.41) is 4.69. The summed E-state index contributed by atoms with van der Waals surface area (Å²) in [6.07, 6.45) is 0. The fraction of sp³-hybridized carbons (Fsp3) is 0.176. The van der Waals surface area contributed by atoms with Crippen LogP contribution in [0.1, 0.15) is 12.5 Å². The van der Waals surface area contributed by atoms with Gasteiger partial charge in [-0.05, 0) is 48.9 Å². The SMILES string of the molecule is COc1ccc(OCC(=O)N/N=C(\C)c2ccc(Cl)cc2)cc1. The maximum Gasteiger partial charge on any atom is 0.277 e. The number of hydrogen-bond acceptors (Lipinski definition) is 4. The van der Waals surface area contributed by atoms with Crippen LogP contribution in [0.3, 0.4) is 0 Å². The molecule has 0 saturated heterocycles. The number of carbonyl (C=O) groups excluding carboxylic acids is 1. The lowest BCUT2D eigenvalue weighted by molar-refractivity contribution is -0.123. The van der Waals surface area contributed by atoms with Gasteiger partial charge in [-0.15, -0.1) is 0 Å². The molecule has 2 rings (SSSR count). The predicted octanol–water partition coefficient (Wildman–Crippen LogP) is 3.27. The van der Waals surface area contributed by atoms with Crippen LogP contribution in [0.2, 0.25) is 5.02 Å². The van der Waals surface area contributed by atoms with E-state index in [1.807, 2.05) is 12.1 Å². The van der Waals surface area contributed by atoms with Gasteiger partial charge >= 0.3 is 0 Å². The Morgan fingerprint density at radius 3 is 2.30 bits per heavy atom. The van der Waals surface area contributed by atoms with Crippen LogP contribution in [0.5, 0.6) is 11.5 Å². The zero-order chi connectivity index (χ0) is 16.7. The second-order valence-corrected chi connectivity index (χ2v) is 5.14. The first-order valence-electron chi connectivity index (χ1n) is 6.94. The van der Waals surface area contributed by atoms with E-state index in [1.165, 1.54) is 0 Å². The van der Waals surface area contributed by atoms with Crippen LogP contribution in [0.15, 0.2) is 53.6 Å². The normalized spacial score (nSPS) is 11.0. The highest BCUT2D eigenvalue weighted by Crippen LogP contribution is 2.16. The van der Waals surface area contributed by atoms with E-state index < -0.39 is 0 Å². The molecule has 2 aromatic carbocycles. The molecule has 0 spiro atoms. The largest absolute Gasteiger partial charge is 0.497 e. The van der Waals surface area contributed by atoms with Crippen molar-refractivity contribution >= 4 is 23.2 Å². The monoisotopic (exact) mass is 332 g/mol. The van der Waals surface area contributed by atoms with Crippen LogP contribution in [-0.4, -0.2) is 25.3 Å². The fourth-order valence-corrected chi connectivity index (χ4v) is 1.88. The van der Waals surface area contributed by atoms with Gasteiger partial charge in [-0.1, -0.05) is 23.7 Å². The Morgan fingerprint density at radius 1 is 1.09 bits per heavy atom. The Bertz CT molecular complexity index is 682. The minimum atomic E-state index is -0.339. The molecule has 5 nitrogen and oxygen atoms in total. The Hall–Kier alpha value is -2.53. The Labute approximate surface area is 139 Å². The van der Waals surface area contributed by atoms with Gasteiger partial charge in [0.25, 0.3) is 5.91 Å². The van der Waals surface area contributed by atoms with Crippen molar-refractivity contribution in [3.63, 3.8) is 0 Å². The smallest absolute Gasteiger partial charge is 0.277 e.